The van der Waals surface area contributed by atoms with Gasteiger partial charge in [-0.2, -0.15) is 0 Å². The molecule has 0 saturated carbocycles. The second kappa shape index (κ2) is 9.60. The second-order valence-electron chi connectivity index (χ2n) is 8.35. The number of methoxy groups -OCH3 is 1. The van der Waals surface area contributed by atoms with Crippen LogP contribution in [0.25, 0.3) is 22.0 Å². The zero-order chi connectivity index (χ0) is 24.4. The Kier molecular flexibility index (Phi) is 6.21. The number of aromatic nitrogens is 2. The Morgan fingerprint density at radius 3 is 2.34 bits per heavy atom. The third-order valence-corrected chi connectivity index (χ3v) is 6.53. The van der Waals surface area contributed by atoms with E-state index in [1.807, 2.05) is 89.5 Å². The van der Waals surface area contributed by atoms with Crippen molar-refractivity contribution in [1.82, 2.24) is 9.55 Å². The molecule has 0 bridgehead atoms. The third kappa shape index (κ3) is 4.48. The molecule has 1 aromatic heterocycles. The normalized spacial score (nSPS) is 11.0. The van der Waals surface area contributed by atoms with E-state index in [-0.39, 0.29) is 17.7 Å². The maximum Gasteiger partial charge on any atom is 0.255 e. The van der Waals surface area contributed by atoms with Gasteiger partial charge >= 0.3 is 0 Å². The summed E-state index contributed by atoms with van der Waals surface area (Å²) in [5.74, 6) is 0.931. The van der Waals surface area contributed by atoms with Crippen LogP contribution in [0.3, 0.4) is 0 Å². The molecule has 0 aliphatic heterocycles. The van der Waals surface area contributed by atoms with E-state index in [2.05, 4.69) is 4.98 Å². The van der Waals surface area contributed by atoms with Gasteiger partial charge in [0.15, 0.2) is 4.77 Å². The number of aromatic hydroxyl groups is 1. The standard InChI is InChI=1S/C29H24N2O3S/c1-34-22-14-11-19(12-15-22)18-31-27(21-8-3-2-4-9-21)25(28(33)30-29(31)35)17-24-23-10-6-5-7-20(23)13-16-26(24)32/h2-16,32H,17-18H2,1H3,(H,30,33,35). The van der Waals surface area contributed by atoms with Gasteiger partial charge in [-0.3, -0.25) is 9.78 Å². The van der Waals surface area contributed by atoms with E-state index in [0.717, 1.165) is 33.3 Å². The van der Waals surface area contributed by atoms with Crippen molar-refractivity contribution in [3.8, 4) is 22.8 Å². The summed E-state index contributed by atoms with van der Waals surface area (Å²) in [6, 6.07) is 29.0. The van der Waals surface area contributed by atoms with E-state index >= 15 is 0 Å². The first kappa shape index (κ1) is 22.6. The minimum Gasteiger partial charge on any atom is -0.508 e. The largest absolute Gasteiger partial charge is 0.508 e. The minimum atomic E-state index is -0.257. The first-order chi connectivity index (χ1) is 17.0. The van der Waals surface area contributed by atoms with Crippen LogP contribution in [-0.2, 0) is 13.0 Å². The van der Waals surface area contributed by atoms with E-state index in [0.29, 0.717) is 22.4 Å². The number of ether oxygens (including phenoxy) is 1. The van der Waals surface area contributed by atoms with E-state index in [4.69, 9.17) is 17.0 Å². The lowest BCUT2D eigenvalue weighted by molar-refractivity contribution is 0.414. The van der Waals surface area contributed by atoms with Gasteiger partial charge in [-0.25, -0.2) is 0 Å². The van der Waals surface area contributed by atoms with E-state index in [1.54, 1.807) is 13.2 Å². The zero-order valence-corrected chi connectivity index (χ0v) is 20.0. The van der Waals surface area contributed by atoms with Gasteiger partial charge in [-0.15, -0.1) is 0 Å². The summed E-state index contributed by atoms with van der Waals surface area (Å²) in [5.41, 5.74) is 3.64. The Bertz CT molecular complexity index is 1620. The Balaban J connectivity index is 1.72. The molecule has 0 radical (unpaired) electrons. The fraction of sp³-hybridized carbons (Fsp3) is 0.103. The van der Waals surface area contributed by atoms with Crippen molar-refractivity contribution in [2.45, 2.75) is 13.0 Å². The number of benzene rings is 4. The molecule has 0 saturated heterocycles. The van der Waals surface area contributed by atoms with Crippen LogP contribution in [0, 0.1) is 4.77 Å². The molecule has 5 aromatic rings. The van der Waals surface area contributed by atoms with Gasteiger partial charge in [0.05, 0.1) is 19.3 Å². The predicted octanol–water partition coefficient (Wildman–Crippen LogP) is 6.08. The lowest BCUT2D eigenvalue weighted by Gasteiger charge is -2.19. The summed E-state index contributed by atoms with van der Waals surface area (Å²) in [6.45, 7) is 0.471. The maximum absolute atomic E-state index is 13.3. The van der Waals surface area contributed by atoms with Crippen LogP contribution < -0.4 is 10.3 Å². The fourth-order valence-electron chi connectivity index (χ4n) is 4.45. The fourth-order valence-corrected chi connectivity index (χ4v) is 4.70. The van der Waals surface area contributed by atoms with Crippen molar-refractivity contribution >= 4 is 23.0 Å². The molecule has 2 N–H and O–H groups in total. The maximum atomic E-state index is 13.3. The number of H-pyrrole nitrogens is 1. The van der Waals surface area contributed by atoms with E-state index < -0.39 is 0 Å². The Morgan fingerprint density at radius 2 is 1.60 bits per heavy atom. The van der Waals surface area contributed by atoms with E-state index in [1.165, 1.54) is 0 Å². The van der Waals surface area contributed by atoms with Crippen LogP contribution in [0.2, 0.25) is 0 Å². The van der Waals surface area contributed by atoms with Crippen molar-refractivity contribution in [3.05, 3.63) is 123 Å². The summed E-state index contributed by atoms with van der Waals surface area (Å²) in [5, 5.41) is 12.7. The molecule has 0 atom stereocenters. The predicted molar refractivity (Wildman–Crippen MR) is 142 cm³/mol. The molecule has 0 aliphatic carbocycles. The molecular weight excluding hydrogens is 456 g/mol. The van der Waals surface area contributed by atoms with Gasteiger partial charge in [0.2, 0.25) is 0 Å². The van der Waals surface area contributed by atoms with Crippen molar-refractivity contribution in [2.24, 2.45) is 0 Å². The van der Waals surface area contributed by atoms with Gasteiger partial charge in [-0.1, -0.05) is 72.8 Å². The number of hydrogen-bond donors (Lipinski definition) is 2. The van der Waals surface area contributed by atoms with Crippen LogP contribution in [0.4, 0.5) is 0 Å². The molecule has 5 rings (SSSR count). The number of nitrogens with one attached hydrogen (secondary N) is 1. The lowest BCUT2D eigenvalue weighted by atomic mass is 9.95. The second-order valence-corrected chi connectivity index (χ2v) is 8.73. The Labute approximate surface area is 207 Å². The van der Waals surface area contributed by atoms with Crippen LogP contribution >= 0.6 is 12.2 Å². The van der Waals surface area contributed by atoms with Crippen LogP contribution in [-0.4, -0.2) is 21.8 Å². The van der Waals surface area contributed by atoms with Gasteiger partial charge in [-0.05, 0) is 52.3 Å². The lowest BCUT2D eigenvalue weighted by Crippen LogP contribution is -2.22. The van der Waals surface area contributed by atoms with Gasteiger partial charge in [0.1, 0.15) is 11.5 Å². The highest BCUT2D eigenvalue weighted by Gasteiger charge is 2.19. The van der Waals surface area contributed by atoms with Gasteiger partial charge in [0.25, 0.3) is 5.56 Å². The highest BCUT2D eigenvalue weighted by atomic mass is 32.1. The number of aromatic amines is 1. The molecule has 0 aliphatic rings. The Morgan fingerprint density at radius 1 is 0.886 bits per heavy atom. The number of phenolic OH excluding ortho intramolecular Hbond substituents is 1. The molecule has 35 heavy (non-hydrogen) atoms. The van der Waals surface area contributed by atoms with Crippen LogP contribution in [0.1, 0.15) is 16.7 Å². The molecular formula is C29H24N2O3S. The molecule has 0 amide bonds. The molecule has 5 nitrogen and oxygen atoms in total. The number of phenols is 1. The zero-order valence-electron chi connectivity index (χ0n) is 19.2. The summed E-state index contributed by atoms with van der Waals surface area (Å²) in [7, 11) is 1.63. The summed E-state index contributed by atoms with van der Waals surface area (Å²) >= 11 is 5.64. The average molecular weight is 481 g/mol. The Hall–Kier alpha value is -4.16. The summed E-state index contributed by atoms with van der Waals surface area (Å²) in [6.07, 6.45) is 0.255. The molecule has 0 fully saturated rings. The quantitative estimate of drug-likeness (QED) is 0.289. The number of hydrogen-bond acceptors (Lipinski definition) is 4. The number of nitrogens with zero attached hydrogens (tertiary/aromatic N) is 1. The summed E-state index contributed by atoms with van der Waals surface area (Å²) < 4.78 is 7.58. The van der Waals surface area contributed by atoms with Crippen molar-refractivity contribution < 1.29 is 9.84 Å². The summed E-state index contributed by atoms with van der Waals surface area (Å²) in [4.78, 5) is 16.2. The minimum absolute atomic E-state index is 0.159. The third-order valence-electron chi connectivity index (χ3n) is 6.21. The average Bonchev–Trinajstić information content (AvgIpc) is 2.89. The molecule has 174 valence electrons. The first-order valence-corrected chi connectivity index (χ1v) is 11.7. The van der Waals surface area contributed by atoms with E-state index in [9.17, 15) is 9.90 Å². The van der Waals surface area contributed by atoms with Gasteiger partial charge < -0.3 is 14.4 Å². The van der Waals surface area contributed by atoms with Crippen LogP contribution in [0.5, 0.6) is 11.5 Å². The van der Waals surface area contributed by atoms with Crippen LogP contribution in [0.15, 0.2) is 95.8 Å². The molecule has 1 heterocycles. The molecule has 4 aromatic carbocycles. The smallest absolute Gasteiger partial charge is 0.255 e. The molecule has 0 unspecified atom stereocenters. The SMILES string of the molecule is COc1ccc(Cn2c(-c3ccccc3)c(Cc3c(O)ccc4ccccc34)c(=O)[nH]c2=S)cc1. The van der Waals surface area contributed by atoms with Crippen molar-refractivity contribution in [2.75, 3.05) is 7.11 Å². The van der Waals surface area contributed by atoms with Crippen molar-refractivity contribution in [1.29, 1.82) is 0 Å². The highest BCUT2D eigenvalue weighted by Crippen LogP contribution is 2.32. The number of rotatable bonds is 6. The monoisotopic (exact) mass is 480 g/mol. The molecule has 6 heteroatoms. The topological polar surface area (TPSA) is 67.2 Å². The highest BCUT2D eigenvalue weighted by molar-refractivity contribution is 7.71. The molecule has 0 spiro atoms. The van der Waals surface area contributed by atoms with Gasteiger partial charge in [0, 0.05) is 17.5 Å². The number of fused-ring (bicyclic) bond motifs is 1. The first-order valence-electron chi connectivity index (χ1n) is 11.3. The van der Waals surface area contributed by atoms with Crippen molar-refractivity contribution in [3.63, 3.8) is 0 Å².